The van der Waals surface area contributed by atoms with Gasteiger partial charge in [0.2, 0.25) is 0 Å². The summed E-state index contributed by atoms with van der Waals surface area (Å²) in [5.41, 5.74) is 16.3. The maximum Gasteiger partial charge on any atom is 0.0541 e. The summed E-state index contributed by atoms with van der Waals surface area (Å²) in [4.78, 5) is 2.40. The molecular formula is C62H42N2. The molecule has 0 N–H and O–H groups in total. The zero-order valence-corrected chi connectivity index (χ0v) is 35.1. The summed E-state index contributed by atoms with van der Waals surface area (Å²) < 4.78 is 2.43. The lowest BCUT2D eigenvalue weighted by Crippen LogP contribution is -2.10. The first-order chi connectivity index (χ1) is 31.8. The molecule has 11 aromatic carbocycles. The molecule has 64 heavy (non-hydrogen) atoms. The Bertz CT molecular complexity index is 3610. The van der Waals surface area contributed by atoms with E-state index >= 15 is 0 Å². The SMILES string of the molecule is c1ccc(-c2cc(N(c3ccc(-c4ccc(-c5ccccc5)c5ccccc45)cc3)c3ccc4ccccc4c3)ccc2-c2ccccc2-n2c3ccccc3c3ccccc32)cc1. The van der Waals surface area contributed by atoms with E-state index in [1.807, 2.05) is 0 Å². The molecule has 12 rings (SSSR count). The molecule has 1 heterocycles. The van der Waals surface area contributed by atoms with Crippen LogP contribution in [0.2, 0.25) is 0 Å². The van der Waals surface area contributed by atoms with Crippen LogP contribution in [0.3, 0.4) is 0 Å². The Hall–Kier alpha value is -8.46. The van der Waals surface area contributed by atoms with Gasteiger partial charge in [-0.15, -0.1) is 0 Å². The van der Waals surface area contributed by atoms with Crippen LogP contribution in [-0.4, -0.2) is 4.57 Å². The zero-order valence-electron chi connectivity index (χ0n) is 35.1. The number of para-hydroxylation sites is 3. The van der Waals surface area contributed by atoms with Crippen molar-refractivity contribution in [2.45, 2.75) is 0 Å². The zero-order chi connectivity index (χ0) is 42.4. The molecule has 2 nitrogen and oxygen atoms in total. The number of hydrogen-bond acceptors (Lipinski definition) is 1. The molecule has 0 spiro atoms. The average Bonchev–Trinajstić information content (AvgIpc) is 3.71. The van der Waals surface area contributed by atoms with Gasteiger partial charge < -0.3 is 9.47 Å². The predicted molar refractivity (Wildman–Crippen MR) is 272 cm³/mol. The average molecular weight is 815 g/mol. The Morgan fingerprint density at radius 3 is 1.36 bits per heavy atom. The molecule has 0 fully saturated rings. The molecule has 0 aliphatic carbocycles. The topological polar surface area (TPSA) is 8.17 Å². The van der Waals surface area contributed by atoms with E-state index in [0.29, 0.717) is 0 Å². The molecular weight excluding hydrogens is 773 g/mol. The van der Waals surface area contributed by atoms with Crippen LogP contribution in [0, 0.1) is 0 Å². The first-order valence-electron chi connectivity index (χ1n) is 22.0. The largest absolute Gasteiger partial charge is 0.310 e. The molecule has 0 saturated heterocycles. The smallest absolute Gasteiger partial charge is 0.0541 e. The van der Waals surface area contributed by atoms with E-state index in [-0.39, 0.29) is 0 Å². The van der Waals surface area contributed by atoms with Gasteiger partial charge >= 0.3 is 0 Å². The molecule has 1 aromatic heterocycles. The Morgan fingerprint density at radius 2 is 0.703 bits per heavy atom. The van der Waals surface area contributed by atoms with Crippen molar-refractivity contribution in [3.05, 3.63) is 255 Å². The third kappa shape index (κ3) is 6.44. The third-order valence-corrected chi connectivity index (χ3v) is 12.8. The number of anilines is 3. The van der Waals surface area contributed by atoms with E-state index in [9.17, 15) is 0 Å². The fraction of sp³-hybridized carbons (Fsp3) is 0. The van der Waals surface area contributed by atoms with Gasteiger partial charge in [0.05, 0.1) is 16.7 Å². The minimum atomic E-state index is 1.08. The molecule has 0 aliphatic rings. The van der Waals surface area contributed by atoms with Gasteiger partial charge in [0.15, 0.2) is 0 Å². The minimum Gasteiger partial charge on any atom is -0.310 e. The van der Waals surface area contributed by atoms with E-state index in [4.69, 9.17) is 0 Å². The molecule has 0 atom stereocenters. The predicted octanol–water partition coefficient (Wildman–Crippen LogP) is 17.2. The van der Waals surface area contributed by atoms with Crippen molar-refractivity contribution in [3.63, 3.8) is 0 Å². The highest BCUT2D eigenvalue weighted by atomic mass is 15.1. The number of rotatable bonds is 8. The molecule has 0 radical (unpaired) electrons. The van der Waals surface area contributed by atoms with Gasteiger partial charge in [-0.1, -0.05) is 200 Å². The second-order valence-electron chi connectivity index (χ2n) is 16.5. The minimum absolute atomic E-state index is 1.08. The maximum absolute atomic E-state index is 2.43. The van der Waals surface area contributed by atoms with Crippen molar-refractivity contribution in [1.82, 2.24) is 4.57 Å². The van der Waals surface area contributed by atoms with Gasteiger partial charge in [0, 0.05) is 33.4 Å². The monoisotopic (exact) mass is 814 g/mol. The number of aromatic nitrogens is 1. The Kier molecular flexibility index (Phi) is 9.20. The molecule has 0 aliphatic heterocycles. The van der Waals surface area contributed by atoms with Crippen LogP contribution >= 0.6 is 0 Å². The fourth-order valence-corrected chi connectivity index (χ4v) is 9.81. The summed E-state index contributed by atoms with van der Waals surface area (Å²) >= 11 is 0. The highest BCUT2D eigenvalue weighted by Crippen LogP contribution is 2.45. The highest BCUT2D eigenvalue weighted by molar-refractivity contribution is 6.10. The summed E-state index contributed by atoms with van der Waals surface area (Å²) in [7, 11) is 0. The maximum atomic E-state index is 2.43. The first kappa shape index (κ1) is 37.3. The van der Waals surface area contributed by atoms with Crippen molar-refractivity contribution in [1.29, 1.82) is 0 Å². The summed E-state index contributed by atoms with van der Waals surface area (Å²) in [6, 6.07) is 92.7. The highest BCUT2D eigenvalue weighted by Gasteiger charge is 2.21. The molecule has 0 unspecified atom stereocenters. The second-order valence-corrected chi connectivity index (χ2v) is 16.5. The lowest BCUT2D eigenvalue weighted by atomic mass is 9.91. The van der Waals surface area contributed by atoms with E-state index in [1.54, 1.807) is 0 Å². The first-order valence-corrected chi connectivity index (χ1v) is 22.0. The van der Waals surface area contributed by atoms with Crippen LogP contribution in [0.1, 0.15) is 0 Å². The third-order valence-electron chi connectivity index (χ3n) is 12.8. The molecule has 300 valence electrons. The second kappa shape index (κ2) is 15.8. The van der Waals surface area contributed by atoms with Gasteiger partial charge in [-0.05, 0) is 115 Å². The Morgan fingerprint density at radius 1 is 0.250 bits per heavy atom. The van der Waals surface area contributed by atoms with Gasteiger partial charge in [0.1, 0.15) is 0 Å². The van der Waals surface area contributed by atoms with Crippen molar-refractivity contribution in [2.75, 3.05) is 4.90 Å². The Labute approximate surface area is 373 Å². The lowest BCUT2D eigenvalue weighted by molar-refractivity contribution is 1.18. The van der Waals surface area contributed by atoms with Crippen molar-refractivity contribution in [3.8, 4) is 50.2 Å². The molecule has 0 bridgehead atoms. The summed E-state index contributed by atoms with van der Waals surface area (Å²) in [5.74, 6) is 0. The summed E-state index contributed by atoms with van der Waals surface area (Å²) in [6.45, 7) is 0. The number of benzene rings is 11. The standard InChI is InChI=1S/C62H42N2/c1-3-18-44(19-4-1)51-39-40-52(54-24-10-9-23-53(51)54)46-32-34-48(35-33-46)63(49-36-31-43-17-7-8-22-47(43)41-49)50-37-38-55(59(42-50)45-20-5-2-6-21-45)56-25-11-14-28-60(56)64-61-29-15-12-26-57(61)58-27-13-16-30-62(58)64/h1-42H. The fourth-order valence-electron chi connectivity index (χ4n) is 9.81. The van der Waals surface area contributed by atoms with Crippen molar-refractivity contribution < 1.29 is 0 Å². The van der Waals surface area contributed by atoms with Crippen LogP contribution in [0.5, 0.6) is 0 Å². The number of hydrogen-bond donors (Lipinski definition) is 0. The van der Waals surface area contributed by atoms with Crippen molar-refractivity contribution in [2.24, 2.45) is 0 Å². The Balaban J connectivity index is 1.03. The summed E-state index contributed by atoms with van der Waals surface area (Å²) in [5, 5.41) is 7.41. The molecule has 2 heteroatoms. The van der Waals surface area contributed by atoms with Crippen LogP contribution in [0.25, 0.3) is 93.5 Å². The van der Waals surface area contributed by atoms with Gasteiger partial charge in [-0.3, -0.25) is 0 Å². The lowest BCUT2D eigenvalue weighted by Gasteiger charge is -2.27. The van der Waals surface area contributed by atoms with Crippen LogP contribution in [0.15, 0.2) is 255 Å². The van der Waals surface area contributed by atoms with Gasteiger partial charge in [-0.2, -0.15) is 0 Å². The summed E-state index contributed by atoms with van der Waals surface area (Å²) in [6.07, 6.45) is 0. The van der Waals surface area contributed by atoms with E-state index in [0.717, 1.165) is 28.3 Å². The number of fused-ring (bicyclic) bond motifs is 5. The number of nitrogens with zero attached hydrogens (tertiary/aromatic N) is 2. The van der Waals surface area contributed by atoms with E-state index in [1.165, 1.54) is 82.3 Å². The van der Waals surface area contributed by atoms with Crippen molar-refractivity contribution >= 4 is 60.4 Å². The van der Waals surface area contributed by atoms with Crippen LogP contribution in [-0.2, 0) is 0 Å². The van der Waals surface area contributed by atoms with E-state index < -0.39 is 0 Å². The quantitative estimate of drug-likeness (QED) is 0.148. The van der Waals surface area contributed by atoms with Gasteiger partial charge in [0.25, 0.3) is 0 Å². The molecule has 0 saturated carbocycles. The van der Waals surface area contributed by atoms with E-state index in [2.05, 4.69) is 264 Å². The van der Waals surface area contributed by atoms with Gasteiger partial charge in [-0.25, -0.2) is 0 Å². The normalized spacial score (nSPS) is 11.4. The van der Waals surface area contributed by atoms with Crippen LogP contribution < -0.4 is 4.90 Å². The molecule has 12 aromatic rings. The van der Waals surface area contributed by atoms with Crippen LogP contribution in [0.4, 0.5) is 17.1 Å². The molecule has 0 amide bonds.